The molecule has 0 aromatic carbocycles. The van der Waals surface area contributed by atoms with E-state index in [0.29, 0.717) is 5.88 Å². The van der Waals surface area contributed by atoms with Gasteiger partial charge in [-0.15, -0.1) is 0 Å². The summed E-state index contributed by atoms with van der Waals surface area (Å²) in [5.74, 6) is 0.663. The number of allylic oxidation sites excluding steroid dienone is 1. The van der Waals surface area contributed by atoms with E-state index in [2.05, 4.69) is 45.0 Å². The van der Waals surface area contributed by atoms with Crippen molar-refractivity contribution in [1.82, 2.24) is 9.88 Å². The first kappa shape index (κ1) is 16.0. The molecular formula is C16H22BrN3O. The molecule has 1 aromatic rings. The molecule has 0 saturated carbocycles. The van der Waals surface area contributed by atoms with Crippen LogP contribution in [0.15, 0.2) is 27.7 Å². The van der Waals surface area contributed by atoms with Gasteiger partial charge in [0.05, 0.1) is 22.2 Å². The predicted molar refractivity (Wildman–Crippen MR) is 90.5 cm³/mol. The molecule has 1 aliphatic carbocycles. The molecule has 1 aliphatic rings. The van der Waals surface area contributed by atoms with E-state index in [1.54, 1.807) is 0 Å². The minimum atomic E-state index is 0.221. The molecule has 0 fully saturated rings. The fraction of sp³-hybridized carbons (Fsp3) is 0.500. The van der Waals surface area contributed by atoms with Gasteiger partial charge in [0.1, 0.15) is 6.10 Å². The third-order valence-electron chi connectivity index (χ3n) is 3.50. The van der Waals surface area contributed by atoms with Crippen LogP contribution in [0.2, 0.25) is 0 Å². The first-order valence-corrected chi connectivity index (χ1v) is 8.12. The Morgan fingerprint density at radius 1 is 1.52 bits per heavy atom. The largest absolute Gasteiger partial charge is 0.473 e. The topological polar surface area (TPSA) is 37.7 Å². The van der Waals surface area contributed by atoms with Gasteiger partial charge in [-0.3, -0.25) is 0 Å². The number of hydrogen-bond acceptors (Lipinski definition) is 3. The van der Waals surface area contributed by atoms with Crippen LogP contribution >= 0.6 is 15.9 Å². The van der Waals surface area contributed by atoms with E-state index >= 15 is 0 Å². The van der Waals surface area contributed by atoms with Gasteiger partial charge in [-0.2, -0.15) is 0 Å². The second-order valence-electron chi connectivity index (χ2n) is 5.22. The molecule has 114 valence electrons. The van der Waals surface area contributed by atoms with Crippen molar-refractivity contribution in [3.63, 3.8) is 0 Å². The maximum Gasteiger partial charge on any atom is 0.228 e. The highest BCUT2D eigenvalue weighted by molar-refractivity contribution is 9.10. The molecule has 0 spiro atoms. The lowest BCUT2D eigenvalue weighted by Crippen LogP contribution is -2.18. The van der Waals surface area contributed by atoms with Crippen molar-refractivity contribution < 1.29 is 4.74 Å². The van der Waals surface area contributed by atoms with Gasteiger partial charge < -0.3 is 9.64 Å². The van der Waals surface area contributed by atoms with Gasteiger partial charge in [0.15, 0.2) is 0 Å². The van der Waals surface area contributed by atoms with Crippen molar-refractivity contribution in [2.24, 2.45) is 4.99 Å². The Balaban J connectivity index is 2.12. The van der Waals surface area contributed by atoms with Crippen LogP contribution in [0.3, 0.4) is 0 Å². The lowest BCUT2D eigenvalue weighted by molar-refractivity contribution is 0.181. The SMILES string of the molecule is CCN(C)/C=N/c1cc(Br)c(OC2CC=CCC2)nc1C. The summed E-state index contributed by atoms with van der Waals surface area (Å²) in [6, 6.07) is 1.97. The molecule has 21 heavy (non-hydrogen) atoms. The second kappa shape index (κ2) is 7.59. The van der Waals surface area contributed by atoms with E-state index in [9.17, 15) is 0 Å². The molecule has 1 heterocycles. The van der Waals surface area contributed by atoms with Gasteiger partial charge in [-0.25, -0.2) is 9.98 Å². The fourth-order valence-electron chi connectivity index (χ4n) is 2.04. The molecular weight excluding hydrogens is 330 g/mol. The Hall–Kier alpha value is -1.36. The molecule has 1 atom stereocenters. The Kier molecular flexibility index (Phi) is 5.79. The van der Waals surface area contributed by atoms with E-state index in [1.165, 1.54) is 0 Å². The van der Waals surface area contributed by atoms with E-state index in [0.717, 1.165) is 41.7 Å². The number of rotatable bonds is 5. The Morgan fingerprint density at radius 2 is 2.33 bits per heavy atom. The number of aryl methyl sites for hydroxylation is 1. The van der Waals surface area contributed by atoms with Crippen molar-refractivity contribution in [2.45, 2.75) is 39.2 Å². The number of ether oxygens (including phenoxy) is 1. The zero-order chi connectivity index (χ0) is 15.2. The molecule has 0 bridgehead atoms. The maximum atomic E-state index is 6.00. The van der Waals surface area contributed by atoms with Gasteiger partial charge >= 0.3 is 0 Å². The lowest BCUT2D eigenvalue weighted by Gasteiger charge is -2.20. The van der Waals surface area contributed by atoms with Crippen LogP contribution in [0.4, 0.5) is 5.69 Å². The number of pyridine rings is 1. The first-order valence-electron chi connectivity index (χ1n) is 7.33. The van der Waals surface area contributed by atoms with Crippen molar-refractivity contribution in [3.05, 3.63) is 28.4 Å². The van der Waals surface area contributed by atoms with E-state index in [4.69, 9.17) is 4.74 Å². The Morgan fingerprint density at radius 3 is 3.00 bits per heavy atom. The average Bonchev–Trinajstić information content (AvgIpc) is 2.50. The number of aliphatic imine (C=N–C) groups is 1. The summed E-state index contributed by atoms with van der Waals surface area (Å²) in [6.07, 6.45) is 9.50. The predicted octanol–water partition coefficient (Wildman–Crippen LogP) is 4.25. The molecule has 5 heteroatoms. The minimum absolute atomic E-state index is 0.221. The molecule has 0 amide bonds. The maximum absolute atomic E-state index is 6.00. The van der Waals surface area contributed by atoms with Crippen molar-refractivity contribution >= 4 is 28.0 Å². The highest BCUT2D eigenvalue weighted by Crippen LogP contribution is 2.31. The molecule has 4 nitrogen and oxygen atoms in total. The zero-order valence-corrected chi connectivity index (χ0v) is 14.4. The second-order valence-corrected chi connectivity index (χ2v) is 6.08. The van der Waals surface area contributed by atoms with E-state index in [1.807, 2.05) is 31.3 Å². The molecule has 0 saturated heterocycles. The van der Waals surface area contributed by atoms with Crippen LogP contribution < -0.4 is 4.74 Å². The van der Waals surface area contributed by atoms with Crippen molar-refractivity contribution in [3.8, 4) is 5.88 Å². The van der Waals surface area contributed by atoms with E-state index in [-0.39, 0.29) is 6.10 Å². The van der Waals surface area contributed by atoms with Crippen LogP contribution in [0.1, 0.15) is 31.9 Å². The zero-order valence-electron chi connectivity index (χ0n) is 12.8. The molecule has 2 rings (SSSR count). The van der Waals surface area contributed by atoms with Crippen LogP contribution in [0, 0.1) is 6.92 Å². The number of aromatic nitrogens is 1. The van der Waals surface area contributed by atoms with Crippen LogP contribution in [-0.2, 0) is 0 Å². The van der Waals surface area contributed by atoms with Crippen molar-refractivity contribution in [1.29, 1.82) is 0 Å². The first-order chi connectivity index (χ1) is 10.1. The van der Waals surface area contributed by atoms with Gasteiger partial charge in [0, 0.05) is 20.0 Å². The summed E-state index contributed by atoms with van der Waals surface area (Å²) in [4.78, 5) is 11.0. The van der Waals surface area contributed by atoms with Gasteiger partial charge in [0.25, 0.3) is 0 Å². The summed E-state index contributed by atoms with van der Waals surface area (Å²) >= 11 is 3.54. The third kappa shape index (κ3) is 4.56. The number of hydrogen-bond donors (Lipinski definition) is 0. The normalized spacial score (nSPS) is 18.2. The third-order valence-corrected chi connectivity index (χ3v) is 4.07. The highest BCUT2D eigenvalue weighted by atomic mass is 79.9. The Labute approximate surface area is 135 Å². The smallest absolute Gasteiger partial charge is 0.228 e. The molecule has 1 aromatic heterocycles. The van der Waals surface area contributed by atoms with Crippen LogP contribution in [-0.4, -0.2) is 35.9 Å². The fourth-order valence-corrected chi connectivity index (χ4v) is 2.43. The van der Waals surface area contributed by atoms with E-state index < -0.39 is 0 Å². The Bertz CT molecular complexity index is 543. The van der Waals surface area contributed by atoms with Gasteiger partial charge in [-0.05, 0) is 48.7 Å². The average molecular weight is 352 g/mol. The minimum Gasteiger partial charge on any atom is -0.473 e. The van der Waals surface area contributed by atoms with Gasteiger partial charge in [-0.1, -0.05) is 12.2 Å². The number of nitrogens with zero attached hydrogens (tertiary/aromatic N) is 3. The summed E-state index contributed by atoms with van der Waals surface area (Å²) in [5.41, 5.74) is 1.73. The standard InChI is InChI=1S/C16H22BrN3O/c1-4-20(3)11-18-15-10-14(17)16(19-12(15)2)21-13-8-6-5-7-9-13/h5-6,10-11,13H,4,7-9H2,1-3H3/b18-11+. The number of halogens is 1. The summed E-state index contributed by atoms with van der Waals surface area (Å²) < 4.78 is 6.85. The molecule has 0 aliphatic heterocycles. The van der Waals surface area contributed by atoms with Crippen LogP contribution in [0.5, 0.6) is 5.88 Å². The summed E-state index contributed by atoms with van der Waals surface area (Å²) in [7, 11) is 2.00. The highest BCUT2D eigenvalue weighted by Gasteiger charge is 2.15. The molecule has 0 radical (unpaired) electrons. The quantitative estimate of drug-likeness (QED) is 0.452. The molecule has 1 unspecified atom stereocenters. The summed E-state index contributed by atoms with van der Waals surface area (Å²) in [5, 5.41) is 0. The van der Waals surface area contributed by atoms with Crippen molar-refractivity contribution in [2.75, 3.05) is 13.6 Å². The molecule has 0 N–H and O–H groups in total. The van der Waals surface area contributed by atoms with Gasteiger partial charge in [0.2, 0.25) is 5.88 Å². The van der Waals surface area contributed by atoms with Crippen LogP contribution in [0.25, 0.3) is 0 Å². The lowest BCUT2D eigenvalue weighted by atomic mass is 10.1. The summed E-state index contributed by atoms with van der Waals surface area (Å²) in [6.45, 7) is 4.97. The monoisotopic (exact) mass is 351 g/mol.